The lowest BCUT2D eigenvalue weighted by Gasteiger charge is -2.31. The third-order valence-electron chi connectivity index (χ3n) is 4.05. The van der Waals surface area contributed by atoms with Crippen molar-refractivity contribution in [3.05, 3.63) is 16.1 Å². The lowest BCUT2D eigenvalue weighted by Crippen LogP contribution is -2.33. The van der Waals surface area contributed by atoms with Crippen molar-refractivity contribution in [3.8, 4) is 0 Å². The van der Waals surface area contributed by atoms with Crippen molar-refractivity contribution >= 4 is 17.3 Å². The minimum Gasteiger partial charge on any atom is -0.481 e. The maximum absolute atomic E-state index is 10.6. The molecular weight excluding hydrogens is 284 g/mol. The molecule has 0 amide bonds. The molecule has 0 saturated carbocycles. The number of hydrogen-bond donors (Lipinski definition) is 1. The number of carboxylic acids is 1. The molecule has 1 aromatic heterocycles. The molecule has 0 atom stereocenters. The van der Waals surface area contributed by atoms with Gasteiger partial charge in [0.2, 0.25) is 0 Å². The van der Waals surface area contributed by atoms with Crippen molar-refractivity contribution in [1.29, 1.82) is 0 Å². The van der Waals surface area contributed by atoms with Crippen LogP contribution in [0.2, 0.25) is 0 Å². The fourth-order valence-corrected chi connectivity index (χ4v) is 3.61. The van der Waals surface area contributed by atoms with Gasteiger partial charge in [0.1, 0.15) is 0 Å². The number of rotatable bonds is 5. The lowest BCUT2D eigenvalue weighted by atomic mass is 9.92. The highest BCUT2D eigenvalue weighted by atomic mass is 32.1. The van der Waals surface area contributed by atoms with Gasteiger partial charge in [-0.1, -0.05) is 20.8 Å². The van der Waals surface area contributed by atoms with Crippen molar-refractivity contribution < 1.29 is 9.90 Å². The SMILES string of the molecule is CC(C)(C)c1nc(CN2CCC(CCC(=O)O)CC2)cs1. The Kier molecular flexibility index (Phi) is 5.38. The third kappa shape index (κ3) is 5.08. The number of piperidine rings is 1. The van der Waals surface area contributed by atoms with Crippen LogP contribution in [-0.4, -0.2) is 34.0 Å². The molecule has 0 unspecified atom stereocenters. The summed E-state index contributed by atoms with van der Waals surface area (Å²) in [4.78, 5) is 17.8. The number of thiazole rings is 1. The summed E-state index contributed by atoms with van der Waals surface area (Å²) in [6.07, 6.45) is 3.37. The zero-order valence-corrected chi connectivity index (χ0v) is 14.1. The first-order chi connectivity index (χ1) is 9.84. The Hall–Kier alpha value is -0.940. The van der Waals surface area contributed by atoms with E-state index in [0.717, 1.165) is 38.9 Å². The van der Waals surface area contributed by atoms with E-state index >= 15 is 0 Å². The van der Waals surface area contributed by atoms with Gasteiger partial charge >= 0.3 is 5.97 Å². The topological polar surface area (TPSA) is 53.4 Å². The van der Waals surface area contributed by atoms with Crippen LogP contribution in [0.4, 0.5) is 0 Å². The monoisotopic (exact) mass is 310 g/mol. The van der Waals surface area contributed by atoms with Gasteiger partial charge in [-0.2, -0.15) is 0 Å². The van der Waals surface area contributed by atoms with Crippen LogP contribution in [0.1, 0.15) is 57.2 Å². The minimum absolute atomic E-state index is 0.132. The number of carbonyl (C=O) groups is 1. The summed E-state index contributed by atoms with van der Waals surface area (Å²) in [6.45, 7) is 9.65. The third-order valence-corrected chi connectivity index (χ3v) is 5.37. The van der Waals surface area contributed by atoms with Crippen molar-refractivity contribution in [3.63, 3.8) is 0 Å². The van der Waals surface area contributed by atoms with Gasteiger partial charge in [-0.05, 0) is 38.3 Å². The highest BCUT2D eigenvalue weighted by molar-refractivity contribution is 7.09. The molecular formula is C16H26N2O2S. The Morgan fingerprint density at radius 1 is 1.43 bits per heavy atom. The van der Waals surface area contributed by atoms with Gasteiger partial charge in [0.15, 0.2) is 0 Å². The number of aromatic nitrogens is 1. The van der Waals surface area contributed by atoms with E-state index in [1.807, 2.05) is 0 Å². The number of carboxylic acid groups (broad SMARTS) is 1. The molecule has 0 spiro atoms. The highest BCUT2D eigenvalue weighted by Gasteiger charge is 2.22. The highest BCUT2D eigenvalue weighted by Crippen LogP contribution is 2.27. The van der Waals surface area contributed by atoms with Crippen molar-refractivity contribution in [2.24, 2.45) is 5.92 Å². The summed E-state index contributed by atoms with van der Waals surface area (Å²) in [5.41, 5.74) is 1.31. The van der Waals surface area contributed by atoms with E-state index in [1.54, 1.807) is 11.3 Å². The normalized spacial score (nSPS) is 18.0. The summed E-state index contributed by atoms with van der Waals surface area (Å²) in [7, 11) is 0. The molecule has 1 saturated heterocycles. The average Bonchev–Trinajstić information content (AvgIpc) is 2.86. The van der Waals surface area contributed by atoms with Crippen LogP contribution in [-0.2, 0) is 16.8 Å². The van der Waals surface area contributed by atoms with Crippen LogP contribution in [0.5, 0.6) is 0 Å². The second-order valence-corrected chi connectivity index (χ2v) is 7.90. The molecule has 0 bridgehead atoms. The molecule has 0 aromatic carbocycles. The second kappa shape index (κ2) is 6.88. The molecule has 2 rings (SSSR count). The van der Waals surface area contributed by atoms with E-state index in [4.69, 9.17) is 10.1 Å². The Balaban J connectivity index is 1.78. The maximum Gasteiger partial charge on any atom is 0.303 e. The zero-order valence-electron chi connectivity index (χ0n) is 13.3. The fraction of sp³-hybridized carbons (Fsp3) is 0.750. The quantitative estimate of drug-likeness (QED) is 0.904. The van der Waals surface area contributed by atoms with Crippen molar-refractivity contribution in [2.75, 3.05) is 13.1 Å². The Bertz CT molecular complexity index is 471. The second-order valence-electron chi connectivity index (χ2n) is 7.05. The van der Waals surface area contributed by atoms with Crippen LogP contribution >= 0.6 is 11.3 Å². The van der Waals surface area contributed by atoms with Gasteiger partial charge in [-0.15, -0.1) is 11.3 Å². The standard InChI is InChI=1S/C16H26N2O2S/c1-16(2,3)15-17-13(11-21-15)10-18-8-6-12(7-9-18)4-5-14(19)20/h11-12H,4-10H2,1-3H3,(H,19,20). The Morgan fingerprint density at radius 2 is 2.10 bits per heavy atom. The predicted molar refractivity (Wildman–Crippen MR) is 85.7 cm³/mol. The van der Waals surface area contributed by atoms with E-state index in [2.05, 4.69) is 31.1 Å². The first kappa shape index (κ1) is 16.4. The van der Waals surface area contributed by atoms with Crippen molar-refractivity contribution in [2.45, 2.75) is 58.4 Å². The largest absolute Gasteiger partial charge is 0.481 e. The van der Waals surface area contributed by atoms with Gasteiger partial charge in [-0.3, -0.25) is 9.69 Å². The summed E-state index contributed by atoms with van der Waals surface area (Å²) < 4.78 is 0. The van der Waals surface area contributed by atoms with E-state index in [0.29, 0.717) is 12.3 Å². The molecule has 2 heterocycles. The predicted octanol–water partition coefficient (Wildman–Crippen LogP) is 3.52. The summed E-state index contributed by atoms with van der Waals surface area (Å²) in [5, 5.41) is 12.1. The first-order valence-electron chi connectivity index (χ1n) is 7.73. The molecule has 21 heavy (non-hydrogen) atoms. The smallest absolute Gasteiger partial charge is 0.303 e. The fourth-order valence-electron chi connectivity index (χ4n) is 2.71. The number of hydrogen-bond acceptors (Lipinski definition) is 4. The van der Waals surface area contributed by atoms with Gasteiger partial charge in [-0.25, -0.2) is 4.98 Å². The summed E-state index contributed by atoms with van der Waals surface area (Å²) >= 11 is 1.75. The van der Waals surface area contributed by atoms with Crippen molar-refractivity contribution in [1.82, 2.24) is 9.88 Å². The molecule has 1 N–H and O–H groups in total. The van der Waals surface area contributed by atoms with Gasteiger partial charge < -0.3 is 5.11 Å². The summed E-state index contributed by atoms with van der Waals surface area (Å²) in [6, 6.07) is 0. The molecule has 4 nitrogen and oxygen atoms in total. The summed E-state index contributed by atoms with van der Waals surface area (Å²) in [5.74, 6) is -0.0902. The molecule has 1 fully saturated rings. The first-order valence-corrected chi connectivity index (χ1v) is 8.61. The average molecular weight is 310 g/mol. The van der Waals surface area contributed by atoms with Crippen LogP contribution in [0.15, 0.2) is 5.38 Å². The molecule has 5 heteroatoms. The van der Waals surface area contributed by atoms with Gasteiger partial charge in [0.25, 0.3) is 0 Å². The van der Waals surface area contributed by atoms with Crippen LogP contribution < -0.4 is 0 Å². The van der Waals surface area contributed by atoms with Gasteiger partial charge in [0.05, 0.1) is 10.7 Å². The van der Waals surface area contributed by atoms with Crippen LogP contribution in [0.3, 0.4) is 0 Å². The molecule has 0 radical (unpaired) electrons. The molecule has 0 aliphatic carbocycles. The molecule has 1 aliphatic heterocycles. The van der Waals surface area contributed by atoms with E-state index in [9.17, 15) is 4.79 Å². The number of aliphatic carboxylic acids is 1. The van der Waals surface area contributed by atoms with Crippen LogP contribution in [0.25, 0.3) is 0 Å². The number of likely N-dealkylation sites (tertiary alicyclic amines) is 1. The minimum atomic E-state index is -0.672. The van der Waals surface area contributed by atoms with E-state index in [-0.39, 0.29) is 5.41 Å². The number of nitrogens with zero attached hydrogens (tertiary/aromatic N) is 2. The Morgan fingerprint density at radius 3 is 2.62 bits per heavy atom. The zero-order chi connectivity index (χ0) is 15.5. The van der Waals surface area contributed by atoms with Gasteiger partial charge in [0, 0.05) is 23.8 Å². The van der Waals surface area contributed by atoms with E-state index < -0.39 is 5.97 Å². The molecule has 1 aliphatic rings. The van der Waals surface area contributed by atoms with E-state index in [1.165, 1.54) is 10.7 Å². The van der Waals surface area contributed by atoms with Crippen LogP contribution in [0, 0.1) is 5.92 Å². The Labute approximate surface area is 131 Å². The maximum atomic E-state index is 10.6. The molecule has 1 aromatic rings. The molecule has 118 valence electrons. The lowest BCUT2D eigenvalue weighted by molar-refractivity contribution is -0.137.